The van der Waals surface area contributed by atoms with Crippen LogP contribution >= 0.6 is 11.8 Å². The fourth-order valence-corrected chi connectivity index (χ4v) is 1.67. The molecule has 0 aromatic heterocycles. The van der Waals surface area contributed by atoms with E-state index in [4.69, 9.17) is 6.42 Å². The van der Waals surface area contributed by atoms with Crippen LogP contribution in [-0.4, -0.2) is 10.5 Å². The molecule has 0 aromatic carbocycles. The van der Waals surface area contributed by atoms with E-state index in [0.717, 1.165) is 12.2 Å². The highest BCUT2D eigenvalue weighted by Gasteiger charge is 2.12. The van der Waals surface area contributed by atoms with Crippen molar-refractivity contribution >= 4 is 11.8 Å². The predicted molar refractivity (Wildman–Crippen MR) is 54.8 cm³/mol. The van der Waals surface area contributed by atoms with Gasteiger partial charge in [0.15, 0.2) is 0 Å². The summed E-state index contributed by atoms with van der Waals surface area (Å²) in [4.78, 5) is 0. The summed E-state index contributed by atoms with van der Waals surface area (Å²) in [6.07, 6.45) is 6.45. The topological polar surface area (TPSA) is 0 Å². The van der Waals surface area contributed by atoms with Crippen molar-refractivity contribution in [1.82, 2.24) is 0 Å². The summed E-state index contributed by atoms with van der Waals surface area (Å²) in [6.45, 7) is 8.82. The van der Waals surface area contributed by atoms with Crippen LogP contribution < -0.4 is 0 Å². The Balaban J connectivity index is 3.62. The Morgan fingerprint density at radius 1 is 1.45 bits per heavy atom. The molecule has 64 valence electrons. The molecule has 0 aliphatic carbocycles. The van der Waals surface area contributed by atoms with Gasteiger partial charge in [-0.15, -0.1) is 12.3 Å². The maximum atomic E-state index is 5.35. The van der Waals surface area contributed by atoms with Gasteiger partial charge in [0.1, 0.15) is 0 Å². The van der Waals surface area contributed by atoms with Gasteiger partial charge in [-0.2, -0.15) is 11.8 Å². The molecule has 0 radical (unpaired) electrons. The molecule has 0 spiro atoms. The maximum absolute atomic E-state index is 5.35. The molecule has 0 saturated carbocycles. The summed E-state index contributed by atoms with van der Waals surface area (Å²) >= 11 is 1.95. The van der Waals surface area contributed by atoms with Gasteiger partial charge in [-0.25, -0.2) is 0 Å². The number of rotatable bonds is 3. The van der Waals surface area contributed by atoms with Gasteiger partial charge >= 0.3 is 0 Å². The Hall–Kier alpha value is -0.0900. The third-order valence-corrected chi connectivity index (χ3v) is 2.88. The highest BCUT2D eigenvalue weighted by molar-refractivity contribution is 8.00. The second-order valence-electron chi connectivity index (χ2n) is 3.70. The Morgan fingerprint density at radius 3 is 2.27 bits per heavy atom. The molecular formula is C10H18S. The molecule has 0 aliphatic heterocycles. The highest BCUT2D eigenvalue weighted by Crippen LogP contribution is 2.25. The van der Waals surface area contributed by atoms with E-state index >= 15 is 0 Å². The van der Waals surface area contributed by atoms with Crippen LogP contribution in [0.4, 0.5) is 0 Å². The molecular weight excluding hydrogens is 152 g/mol. The van der Waals surface area contributed by atoms with Crippen LogP contribution in [0.25, 0.3) is 0 Å². The van der Waals surface area contributed by atoms with Crippen molar-refractivity contribution in [3.63, 3.8) is 0 Å². The Bertz CT molecular complexity index is 136. The normalized spacial score (nSPS) is 14.1. The predicted octanol–water partition coefficient (Wildman–Crippen LogP) is 3.18. The average Bonchev–Trinajstić information content (AvgIpc) is 1.88. The van der Waals surface area contributed by atoms with E-state index in [1.165, 1.54) is 0 Å². The minimum absolute atomic E-state index is 0.351. The van der Waals surface area contributed by atoms with Crippen molar-refractivity contribution in [2.45, 2.75) is 38.9 Å². The molecule has 0 amide bonds. The quantitative estimate of drug-likeness (QED) is 0.586. The largest absolute Gasteiger partial charge is 0.155 e. The third-order valence-electron chi connectivity index (χ3n) is 1.45. The molecule has 0 nitrogen and oxygen atoms in total. The Morgan fingerprint density at radius 2 is 2.00 bits per heavy atom. The molecule has 1 unspecified atom stereocenters. The smallest absolute Gasteiger partial charge is 0.0288 e. The SMILES string of the molecule is C#CC(CC)CSC(C)(C)C. The van der Waals surface area contributed by atoms with E-state index in [1.54, 1.807) is 0 Å². The summed E-state index contributed by atoms with van der Waals surface area (Å²) in [7, 11) is 0. The summed E-state index contributed by atoms with van der Waals surface area (Å²) < 4.78 is 0.351. The molecule has 1 atom stereocenters. The lowest BCUT2D eigenvalue weighted by Gasteiger charge is -2.19. The summed E-state index contributed by atoms with van der Waals surface area (Å²) in [6, 6.07) is 0. The van der Waals surface area contributed by atoms with E-state index in [2.05, 4.69) is 33.6 Å². The van der Waals surface area contributed by atoms with Gasteiger partial charge in [0.2, 0.25) is 0 Å². The second kappa shape index (κ2) is 4.72. The highest BCUT2D eigenvalue weighted by atomic mass is 32.2. The van der Waals surface area contributed by atoms with Crippen molar-refractivity contribution in [1.29, 1.82) is 0 Å². The van der Waals surface area contributed by atoms with Crippen molar-refractivity contribution in [3.8, 4) is 12.3 Å². The first-order chi connectivity index (χ1) is 4.99. The average molecular weight is 170 g/mol. The van der Waals surface area contributed by atoms with Crippen LogP contribution in [0.3, 0.4) is 0 Å². The second-order valence-corrected chi connectivity index (χ2v) is 5.54. The summed E-state index contributed by atoms with van der Waals surface area (Å²) in [5.41, 5.74) is 0. The molecule has 0 fully saturated rings. The summed E-state index contributed by atoms with van der Waals surface area (Å²) in [5, 5.41) is 0. The molecule has 0 aromatic rings. The maximum Gasteiger partial charge on any atom is 0.0288 e. The van der Waals surface area contributed by atoms with Gasteiger partial charge in [0.25, 0.3) is 0 Å². The lowest BCUT2D eigenvalue weighted by Crippen LogP contribution is -2.11. The zero-order valence-electron chi connectivity index (χ0n) is 7.98. The van der Waals surface area contributed by atoms with E-state index in [0.29, 0.717) is 10.7 Å². The molecule has 0 saturated heterocycles. The lowest BCUT2D eigenvalue weighted by atomic mass is 10.1. The van der Waals surface area contributed by atoms with Crippen LogP contribution in [0, 0.1) is 18.3 Å². The van der Waals surface area contributed by atoms with Crippen molar-refractivity contribution in [2.75, 3.05) is 5.75 Å². The molecule has 1 heteroatoms. The van der Waals surface area contributed by atoms with E-state index in [1.807, 2.05) is 11.8 Å². The molecule has 11 heavy (non-hydrogen) atoms. The van der Waals surface area contributed by atoms with Gasteiger partial charge in [-0.1, -0.05) is 27.7 Å². The first-order valence-corrected chi connectivity index (χ1v) is 5.08. The van der Waals surface area contributed by atoms with Gasteiger partial charge in [0, 0.05) is 16.4 Å². The van der Waals surface area contributed by atoms with Crippen molar-refractivity contribution in [3.05, 3.63) is 0 Å². The zero-order chi connectivity index (χ0) is 8.91. The van der Waals surface area contributed by atoms with Gasteiger partial charge < -0.3 is 0 Å². The number of hydrogen-bond donors (Lipinski definition) is 0. The number of terminal acetylenes is 1. The van der Waals surface area contributed by atoms with E-state index < -0.39 is 0 Å². The first kappa shape index (κ1) is 10.9. The van der Waals surface area contributed by atoms with Crippen LogP contribution in [0.15, 0.2) is 0 Å². The number of thioether (sulfide) groups is 1. The third kappa shape index (κ3) is 6.31. The van der Waals surface area contributed by atoms with Crippen molar-refractivity contribution in [2.24, 2.45) is 5.92 Å². The first-order valence-electron chi connectivity index (χ1n) is 4.09. The molecule has 0 N–H and O–H groups in total. The monoisotopic (exact) mass is 170 g/mol. The van der Waals surface area contributed by atoms with Crippen LogP contribution in [0.1, 0.15) is 34.1 Å². The number of hydrogen-bond acceptors (Lipinski definition) is 1. The molecule has 0 rings (SSSR count). The van der Waals surface area contributed by atoms with Gasteiger partial charge in [-0.3, -0.25) is 0 Å². The van der Waals surface area contributed by atoms with Crippen LogP contribution in [-0.2, 0) is 0 Å². The van der Waals surface area contributed by atoms with Gasteiger partial charge in [0.05, 0.1) is 0 Å². The molecule has 0 aliphatic rings. The van der Waals surface area contributed by atoms with E-state index in [9.17, 15) is 0 Å². The minimum Gasteiger partial charge on any atom is -0.155 e. The Kier molecular flexibility index (Phi) is 4.68. The fraction of sp³-hybridized carbons (Fsp3) is 0.800. The zero-order valence-corrected chi connectivity index (χ0v) is 8.79. The minimum atomic E-state index is 0.351. The Labute approximate surface area is 75.1 Å². The van der Waals surface area contributed by atoms with Crippen molar-refractivity contribution < 1.29 is 0 Å². The van der Waals surface area contributed by atoms with Crippen LogP contribution in [0.2, 0.25) is 0 Å². The fourth-order valence-electron chi connectivity index (χ4n) is 0.634. The lowest BCUT2D eigenvalue weighted by molar-refractivity contribution is 0.722. The molecule has 0 bridgehead atoms. The van der Waals surface area contributed by atoms with Crippen LogP contribution in [0.5, 0.6) is 0 Å². The standard InChI is InChI=1S/C10H18S/c1-6-9(7-2)8-11-10(3,4)5/h1,9H,7-8H2,2-5H3. The van der Waals surface area contributed by atoms with E-state index in [-0.39, 0.29) is 0 Å². The molecule has 0 heterocycles. The summed E-state index contributed by atoms with van der Waals surface area (Å²) in [5.74, 6) is 4.35. The van der Waals surface area contributed by atoms with Gasteiger partial charge in [-0.05, 0) is 6.42 Å².